The first-order chi connectivity index (χ1) is 15.2. The maximum Gasteiger partial charge on any atom is 0.222 e. The van der Waals surface area contributed by atoms with Crippen LogP contribution in [-0.2, 0) is 22.4 Å². The number of carbonyl (C=O) groups excluding carboxylic acids is 1. The molecule has 5 nitrogen and oxygen atoms in total. The highest BCUT2D eigenvalue weighted by molar-refractivity contribution is 7.15. The molecule has 4 rings (SSSR count). The van der Waals surface area contributed by atoms with Gasteiger partial charge < -0.3 is 9.64 Å². The van der Waals surface area contributed by atoms with Crippen molar-refractivity contribution in [2.24, 2.45) is 0 Å². The lowest BCUT2D eigenvalue weighted by atomic mass is 10.1. The highest BCUT2D eigenvalue weighted by Gasteiger charge is 2.15. The van der Waals surface area contributed by atoms with E-state index in [1.165, 1.54) is 11.3 Å². The predicted octanol–water partition coefficient (Wildman–Crippen LogP) is 4.71. The number of ether oxygens (including phenoxy) is 1. The van der Waals surface area contributed by atoms with E-state index in [-0.39, 0.29) is 5.91 Å². The smallest absolute Gasteiger partial charge is 0.222 e. The van der Waals surface area contributed by atoms with E-state index in [1.54, 1.807) is 18.4 Å². The predicted molar refractivity (Wildman–Crippen MR) is 125 cm³/mol. The maximum absolute atomic E-state index is 12.9. The number of thiazole rings is 1. The molecule has 0 radical (unpaired) electrons. The minimum Gasteiger partial charge on any atom is -0.383 e. The van der Waals surface area contributed by atoms with Crippen molar-refractivity contribution >= 4 is 22.2 Å². The molecule has 0 N–H and O–H groups in total. The Morgan fingerprint density at radius 3 is 2.52 bits per heavy atom. The number of imidazole rings is 1. The molecule has 0 aliphatic rings. The maximum atomic E-state index is 12.9. The third kappa shape index (κ3) is 5.40. The molecule has 0 aliphatic heterocycles. The van der Waals surface area contributed by atoms with Gasteiger partial charge in [0.2, 0.25) is 5.91 Å². The molecule has 0 saturated carbocycles. The van der Waals surface area contributed by atoms with Crippen molar-refractivity contribution in [3.8, 4) is 11.3 Å². The average molecular weight is 434 g/mol. The minimum atomic E-state index is 0.169. The lowest BCUT2D eigenvalue weighted by Gasteiger charge is -2.22. The molecule has 0 fully saturated rings. The third-order valence-corrected chi connectivity index (χ3v) is 6.27. The molecule has 31 heavy (non-hydrogen) atoms. The van der Waals surface area contributed by atoms with E-state index in [2.05, 4.69) is 40.2 Å². The molecule has 0 aliphatic carbocycles. The lowest BCUT2D eigenvalue weighted by molar-refractivity contribution is -0.131. The summed E-state index contributed by atoms with van der Waals surface area (Å²) in [6, 6.07) is 20.4. The van der Waals surface area contributed by atoms with E-state index in [0.29, 0.717) is 26.1 Å². The van der Waals surface area contributed by atoms with Crippen LogP contribution < -0.4 is 0 Å². The van der Waals surface area contributed by atoms with Gasteiger partial charge in [-0.15, -0.1) is 11.3 Å². The second-order valence-electron chi connectivity index (χ2n) is 7.48. The number of aromatic nitrogens is 2. The van der Waals surface area contributed by atoms with Crippen LogP contribution in [0, 0.1) is 0 Å². The minimum absolute atomic E-state index is 0.169. The van der Waals surface area contributed by atoms with Crippen LogP contribution in [0.4, 0.5) is 0 Å². The fraction of sp³-hybridized carbons (Fsp3) is 0.280. The number of rotatable bonds is 10. The fourth-order valence-corrected chi connectivity index (χ4v) is 4.53. The van der Waals surface area contributed by atoms with Crippen molar-refractivity contribution in [3.63, 3.8) is 0 Å². The molecular formula is C25H27N3O2S. The van der Waals surface area contributed by atoms with Gasteiger partial charge in [-0.25, -0.2) is 4.98 Å². The van der Waals surface area contributed by atoms with Crippen molar-refractivity contribution in [1.29, 1.82) is 0 Å². The molecule has 2 aromatic heterocycles. The molecule has 0 atom stereocenters. The molecule has 0 bridgehead atoms. The number of fused-ring (bicyclic) bond motifs is 1. The highest BCUT2D eigenvalue weighted by Crippen LogP contribution is 2.24. The van der Waals surface area contributed by atoms with E-state index < -0.39 is 0 Å². The zero-order valence-corrected chi connectivity index (χ0v) is 18.6. The third-order valence-electron chi connectivity index (χ3n) is 5.38. The first kappa shape index (κ1) is 21.3. The normalized spacial score (nSPS) is 11.1. The average Bonchev–Trinajstić information content (AvgIpc) is 3.40. The van der Waals surface area contributed by atoms with Crippen molar-refractivity contribution in [2.45, 2.75) is 19.3 Å². The van der Waals surface area contributed by atoms with Crippen LogP contribution in [0.1, 0.15) is 17.7 Å². The molecule has 2 aromatic carbocycles. The van der Waals surface area contributed by atoms with Gasteiger partial charge in [-0.05, 0) is 12.0 Å². The Morgan fingerprint density at radius 1 is 1.03 bits per heavy atom. The molecule has 1 amide bonds. The van der Waals surface area contributed by atoms with Gasteiger partial charge in [0, 0.05) is 55.9 Å². The number of amides is 1. The standard InChI is InChI=1S/C25H27N3O2S/c1-30-17-16-27(24(29)13-12-20-8-4-2-5-9-20)15-14-22-19-31-25-26-23(18-28(22)25)21-10-6-3-7-11-21/h2-11,18-19H,12-17H2,1H3. The Kier molecular flexibility index (Phi) is 7.12. The second-order valence-corrected chi connectivity index (χ2v) is 8.32. The van der Waals surface area contributed by atoms with E-state index in [1.807, 2.05) is 41.3 Å². The summed E-state index contributed by atoms with van der Waals surface area (Å²) < 4.78 is 7.39. The van der Waals surface area contributed by atoms with Crippen molar-refractivity contribution in [3.05, 3.63) is 83.5 Å². The van der Waals surface area contributed by atoms with Gasteiger partial charge in [0.15, 0.2) is 4.96 Å². The molecule has 6 heteroatoms. The summed E-state index contributed by atoms with van der Waals surface area (Å²) in [5.74, 6) is 0.169. The zero-order valence-electron chi connectivity index (χ0n) is 17.7. The summed E-state index contributed by atoms with van der Waals surface area (Å²) in [4.78, 5) is 20.5. The fourth-order valence-electron chi connectivity index (χ4n) is 3.62. The summed E-state index contributed by atoms with van der Waals surface area (Å²) in [5.41, 5.74) is 4.45. The molecule has 0 saturated heterocycles. The number of benzene rings is 2. The molecule has 0 unspecified atom stereocenters. The number of nitrogens with zero attached hydrogens (tertiary/aromatic N) is 3. The molecule has 2 heterocycles. The number of aryl methyl sites for hydroxylation is 1. The van der Waals surface area contributed by atoms with Gasteiger partial charge >= 0.3 is 0 Å². The Hall–Kier alpha value is -2.96. The number of hydrogen-bond donors (Lipinski definition) is 0. The van der Waals surface area contributed by atoms with Crippen molar-refractivity contribution in [2.75, 3.05) is 26.8 Å². The first-order valence-electron chi connectivity index (χ1n) is 10.6. The van der Waals surface area contributed by atoms with Crippen LogP contribution in [0.3, 0.4) is 0 Å². The van der Waals surface area contributed by atoms with Gasteiger partial charge in [-0.1, -0.05) is 60.7 Å². The van der Waals surface area contributed by atoms with Crippen molar-refractivity contribution < 1.29 is 9.53 Å². The van der Waals surface area contributed by atoms with Crippen LogP contribution in [0.5, 0.6) is 0 Å². The molecule has 0 spiro atoms. The SMILES string of the molecule is COCCN(CCc1csc2nc(-c3ccccc3)cn12)C(=O)CCc1ccccc1. The Balaban J connectivity index is 1.42. The van der Waals surface area contributed by atoms with Gasteiger partial charge in [-0.2, -0.15) is 0 Å². The van der Waals surface area contributed by atoms with Gasteiger partial charge in [-0.3, -0.25) is 9.20 Å². The Bertz CT molecular complexity index is 1110. The summed E-state index contributed by atoms with van der Waals surface area (Å²) in [5, 5.41) is 2.14. The molecule has 4 aromatic rings. The Labute approximate surface area is 186 Å². The van der Waals surface area contributed by atoms with Crippen LogP contribution in [0.15, 0.2) is 72.2 Å². The van der Waals surface area contributed by atoms with E-state index in [0.717, 1.165) is 29.1 Å². The van der Waals surface area contributed by atoms with Crippen molar-refractivity contribution in [1.82, 2.24) is 14.3 Å². The van der Waals surface area contributed by atoms with Gasteiger partial charge in [0.05, 0.1) is 12.3 Å². The number of carbonyl (C=O) groups is 1. The van der Waals surface area contributed by atoms with Gasteiger partial charge in [0.1, 0.15) is 0 Å². The highest BCUT2D eigenvalue weighted by atomic mass is 32.1. The summed E-state index contributed by atoms with van der Waals surface area (Å²) in [6.07, 6.45) is 4.14. The Morgan fingerprint density at radius 2 is 1.77 bits per heavy atom. The zero-order chi connectivity index (χ0) is 21.5. The molecule has 160 valence electrons. The van der Waals surface area contributed by atoms with E-state index in [9.17, 15) is 4.79 Å². The first-order valence-corrected chi connectivity index (χ1v) is 11.4. The van der Waals surface area contributed by atoms with Crippen LogP contribution >= 0.6 is 11.3 Å². The summed E-state index contributed by atoms with van der Waals surface area (Å²) in [6.45, 7) is 1.82. The second kappa shape index (κ2) is 10.4. The number of methoxy groups -OCH3 is 1. The van der Waals surface area contributed by atoms with E-state index in [4.69, 9.17) is 9.72 Å². The van der Waals surface area contributed by atoms with E-state index >= 15 is 0 Å². The molecular weight excluding hydrogens is 406 g/mol. The summed E-state index contributed by atoms with van der Waals surface area (Å²) >= 11 is 1.64. The van der Waals surface area contributed by atoms with Crippen LogP contribution in [0.25, 0.3) is 16.2 Å². The number of hydrogen-bond acceptors (Lipinski definition) is 4. The summed E-state index contributed by atoms with van der Waals surface area (Å²) in [7, 11) is 1.67. The largest absolute Gasteiger partial charge is 0.383 e. The monoisotopic (exact) mass is 433 g/mol. The van der Waals surface area contributed by atoms with Gasteiger partial charge in [0.25, 0.3) is 0 Å². The topological polar surface area (TPSA) is 46.8 Å². The van der Waals surface area contributed by atoms with Crippen LogP contribution in [0.2, 0.25) is 0 Å². The van der Waals surface area contributed by atoms with Crippen LogP contribution in [-0.4, -0.2) is 47.0 Å². The quantitative estimate of drug-likeness (QED) is 0.364. The lowest BCUT2D eigenvalue weighted by Crippen LogP contribution is -2.35.